The fourth-order valence-electron chi connectivity index (χ4n) is 1.78. The molecule has 6 heteroatoms. The summed E-state index contributed by atoms with van der Waals surface area (Å²) < 4.78 is 9.18. The summed E-state index contributed by atoms with van der Waals surface area (Å²) in [5.41, 5.74) is 1.28. The molecule has 0 spiro atoms. The second kappa shape index (κ2) is 4.81. The van der Waals surface area contributed by atoms with Gasteiger partial charge in [-0.15, -0.1) is 0 Å². The Labute approximate surface area is 128 Å². The highest BCUT2D eigenvalue weighted by molar-refractivity contribution is 14.2. The Hall–Kier alpha value is 0.380. The molecule has 17 heavy (non-hydrogen) atoms. The highest BCUT2D eigenvalue weighted by Crippen LogP contribution is 2.42. The van der Waals surface area contributed by atoms with Gasteiger partial charge in [-0.05, 0) is 47.0 Å². The number of nitrogens with zero attached hydrogens (tertiary/aromatic N) is 2. The fraction of sp³-hybridized carbons (Fsp3) is 0.364. The molecule has 1 saturated carbocycles. The second-order valence-electron chi connectivity index (χ2n) is 4.28. The molecule has 1 atom stereocenters. The number of hydrogen-bond acceptors (Lipinski definition) is 2. The van der Waals surface area contributed by atoms with Gasteiger partial charge in [-0.25, -0.2) is 4.45 Å². The minimum absolute atomic E-state index is 0.117. The van der Waals surface area contributed by atoms with Crippen molar-refractivity contribution in [3.63, 3.8) is 0 Å². The Bertz CT molecular complexity index is 553. The van der Waals surface area contributed by atoms with E-state index < -0.39 is 0 Å². The molecular formula is C11H11I2N2OP. The van der Waals surface area contributed by atoms with Gasteiger partial charge in [-0.3, -0.25) is 0 Å². The zero-order chi connectivity index (χ0) is 11.9. The predicted molar refractivity (Wildman–Crippen MR) is 88.9 cm³/mol. The van der Waals surface area contributed by atoms with E-state index in [1.807, 2.05) is 10.6 Å². The quantitative estimate of drug-likeness (QED) is 0.380. The summed E-state index contributed by atoms with van der Waals surface area (Å²) >= 11 is 4.75. The number of benzene rings is 1. The van der Waals surface area contributed by atoms with E-state index in [0.29, 0.717) is 6.37 Å². The van der Waals surface area contributed by atoms with Gasteiger partial charge in [-0.1, -0.05) is 22.6 Å². The van der Waals surface area contributed by atoms with Gasteiger partial charge in [-0.2, -0.15) is 5.10 Å². The minimum Gasteiger partial charge on any atom is -0.486 e. The van der Waals surface area contributed by atoms with E-state index in [4.69, 9.17) is 4.74 Å². The molecule has 1 unspecified atom stereocenters. The van der Waals surface area contributed by atoms with Crippen molar-refractivity contribution < 1.29 is 4.74 Å². The van der Waals surface area contributed by atoms with Crippen molar-refractivity contribution in [2.45, 2.75) is 18.4 Å². The van der Waals surface area contributed by atoms with Crippen LogP contribution in [-0.2, 0) is 0 Å². The first-order valence-electron chi connectivity index (χ1n) is 5.36. The largest absolute Gasteiger partial charge is 0.486 e. The lowest BCUT2D eigenvalue weighted by Gasteiger charge is -2.15. The average molecular weight is 472 g/mol. The minimum atomic E-state index is 0.117. The molecule has 1 aromatic carbocycles. The van der Waals surface area contributed by atoms with E-state index in [-0.39, 0.29) is 5.60 Å². The van der Waals surface area contributed by atoms with Crippen LogP contribution >= 0.6 is 51.0 Å². The number of fused-ring (bicyclic) bond motifs is 1. The highest BCUT2D eigenvalue weighted by Gasteiger charge is 2.44. The molecule has 1 aliphatic carbocycles. The number of ether oxygens (including phenoxy) is 1. The number of halogens is 2. The topological polar surface area (TPSA) is 27.1 Å². The molecule has 0 N–H and O–H groups in total. The maximum absolute atomic E-state index is 6.09. The molecule has 3 nitrogen and oxygen atoms in total. The van der Waals surface area contributed by atoms with Crippen molar-refractivity contribution in [1.29, 1.82) is 0 Å². The summed E-state index contributed by atoms with van der Waals surface area (Å²) in [7, 11) is 0. The van der Waals surface area contributed by atoms with Crippen LogP contribution in [0.4, 0.5) is 0 Å². The van der Waals surface area contributed by atoms with Crippen LogP contribution in [0, 0.1) is 0 Å². The van der Waals surface area contributed by atoms with Crippen LogP contribution in [0.2, 0.25) is 0 Å². The molecule has 2 aromatic rings. The van der Waals surface area contributed by atoms with Crippen LogP contribution in [0.15, 0.2) is 24.4 Å². The van der Waals surface area contributed by atoms with Crippen molar-refractivity contribution in [2.24, 2.45) is 0 Å². The third-order valence-electron chi connectivity index (χ3n) is 3.01. The normalized spacial score (nSPS) is 18.0. The molecule has 3 rings (SSSR count). The molecule has 1 aliphatic rings. The Balaban J connectivity index is 1.95. The van der Waals surface area contributed by atoms with E-state index in [0.717, 1.165) is 10.2 Å². The van der Waals surface area contributed by atoms with E-state index in [9.17, 15) is 0 Å². The maximum Gasteiger partial charge on any atom is 0.122 e. The number of aromatic nitrogens is 2. The van der Waals surface area contributed by atoms with Crippen LogP contribution in [0.1, 0.15) is 12.8 Å². The Morgan fingerprint density at radius 3 is 2.94 bits per heavy atom. The lowest BCUT2D eigenvalue weighted by Crippen LogP contribution is -2.19. The second-order valence-corrected chi connectivity index (χ2v) is 7.08. The van der Waals surface area contributed by atoms with Crippen molar-refractivity contribution in [3.05, 3.63) is 24.4 Å². The molecule has 0 bridgehead atoms. The molecule has 0 radical (unpaired) electrons. The van der Waals surface area contributed by atoms with Gasteiger partial charge < -0.3 is 4.74 Å². The zero-order valence-electron chi connectivity index (χ0n) is 8.99. The summed E-state index contributed by atoms with van der Waals surface area (Å²) in [4.78, 5) is 0. The monoisotopic (exact) mass is 472 g/mol. The third kappa shape index (κ3) is 2.42. The maximum atomic E-state index is 6.09. The summed E-state index contributed by atoms with van der Waals surface area (Å²) in [6.45, 7) is 0. The predicted octanol–water partition coefficient (Wildman–Crippen LogP) is 4.17. The van der Waals surface area contributed by atoms with Crippen LogP contribution in [-0.4, -0.2) is 19.6 Å². The summed E-state index contributed by atoms with van der Waals surface area (Å²) in [6, 6.07) is 6.26. The molecule has 0 aliphatic heterocycles. The van der Waals surface area contributed by atoms with Gasteiger partial charge in [0.2, 0.25) is 0 Å². The third-order valence-corrected chi connectivity index (χ3v) is 6.29. The molecule has 1 aromatic heterocycles. The SMILES string of the molecule is ICC1(Oc2ccc3cnn(PI)c3c2)CC1. The van der Waals surface area contributed by atoms with Gasteiger partial charge >= 0.3 is 0 Å². The average Bonchev–Trinajstić information content (AvgIpc) is 3.01. The van der Waals surface area contributed by atoms with Gasteiger partial charge in [0, 0.05) is 15.9 Å². The first-order chi connectivity index (χ1) is 8.26. The van der Waals surface area contributed by atoms with E-state index in [2.05, 4.69) is 67.9 Å². The lowest BCUT2D eigenvalue weighted by atomic mass is 10.2. The molecule has 0 amide bonds. The van der Waals surface area contributed by atoms with Gasteiger partial charge in [0.05, 0.1) is 18.1 Å². The van der Waals surface area contributed by atoms with Crippen LogP contribution in [0.25, 0.3) is 10.9 Å². The standard InChI is InChI=1S/C11H11I2N2OP/c12-7-11(3-4-11)16-9-2-1-8-6-14-15(17-13)10(8)5-9/h1-2,5-6,17H,3-4,7H2. The fourth-order valence-corrected chi connectivity index (χ4v) is 4.24. The Morgan fingerprint density at radius 2 is 2.29 bits per heavy atom. The summed E-state index contributed by atoms with van der Waals surface area (Å²) in [6.07, 6.45) is 4.90. The van der Waals surface area contributed by atoms with Crippen molar-refractivity contribution in [1.82, 2.24) is 9.55 Å². The number of hydrogen-bond donors (Lipinski definition) is 0. The van der Waals surface area contributed by atoms with E-state index in [1.165, 1.54) is 23.7 Å². The molecule has 1 fully saturated rings. The first kappa shape index (κ1) is 12.4. The molecule has 1 heterocycles. The first-order valence-corrected chi connectivity index (χ1v) is 10.9. The molecule has 90 valence electrons. The van der Waals surface area contributed by atoms with Crippen LogP contribution < -0.4 is 4.74 Å². The molecular weight excluding hydrogens is 461 g/mol. The zero-order valence-corrected chi connectivity index (χ0v) is 14.3. The van der Waals surface area contributed by atoms with Gasteiger partial charge in [0.1, 0.15) is 11.4 Å². The summed E-state index contributed by atoms with van der Waals surface area (Å²) in [5, 5.41) is 5.53. The smallest absolute Gasteiger partial charge is 0.122 e. The van der Waals surface area contributed by atoms with Gasteiger partial charge in [0.25, 0.3) is 0 Å². The van der Waals surface area contributed by atoms with Crippen molar-refractivity contribution in [2.75, 3.05) is 4.43 Å². The lowest BCUT2D eigenvalue weighted by molar-refractivity contribution is 0.208. The number of rotatable bonds is 4. The number of alkyl halides is 1. The van der Waals surface area contributed by atoms with Crippen LogP contribution in [0.5, 0.6) is 5.75 Å². The molecule has 0 saturated heterocycles. The summed E-state index contributed by atoms with van der Waals surface area (Å²) in [5.74, 6) is 0.975. The Kier molecular flexibility index (Phi) is 3.51. The van der Waals surface area contributed by atoms with E-state index >= 15 is 0 Å². The Morgan fingerprint density at radius 1 is 1.47 bits per heavy atom. The highest BCUT2D eigenvalue weighted by atomic mass is 127. The van der Waals surface area contributed by atoms with E-state index in [1.54, 1.807) is 0 Å². The van der Waals surface area contributed by atoms with Crippen molar-refractivity contribution in [3.8, 4) is 5.75 Å². The van der Waals surface area contributed by atoms with Crippen molar-refractivity contribution >= 4 is 61.9 Å². The van der Waals surface area contributed by atoms with Gasteiger partial charge in [0.15, 0.2) is 0 Å². The van der Waals surface area contributed by atoms with Crippen LogP contribution in [0.3, 0.4) is 0 Å².